The third kappa shape index (κ3) is 4.99. The van der Waals surface area contributed by atoms with Gasteiger partial charge in [-0.3, -0.25) is 9.59 Å². The van der Waals surface area contributed by atoms with Gasteiger partial charge in [0.1, 0.15) is 11.2 Å². The van der Waals surface area contributed by atoms with Gasteiger partial charge in [0.05, 0.1) is 19.7 Å². The molecule has 3 aromatic rings. The average molecular weight is 476 g/mol. The van der Waals surface area contributed by atoms with Gasteiger partial charge in [0.15, 0.2) is 8.38 Å². The molecule has 0 aliphatic carbocycles. The molecule has 3 aromatic heterocycles. The molecular formula is C21H25N4O5PS. The highest BCUT2D eigenvalue weighted by Gasteiger charge is 2.23. The minimum Gasteiger partial charge on any atom is -0.480 e. The van der Waals surface area contributed by atoms with Crippen molar-refractivity contribution in [2.24, 2.45) is 5.92 Å². The third-order valence-electron chi connectivity index (χ3n) is 5.76. The number of hydrogen-bond acceptors (Lipinski definition) is 9. The molecule has 32 heavy (non-hydrogen) atoms. The molecule has 0 spiro atoms. The van der Waals surface area contributed by atoms with E-state index in [2.05, 4.69) is 15.0 Å². The Bertz CT molecular complexity index is 1140. The fraction of sp³-hybridized carbons (Fsp3) is 0.429. The van der Waals surface area contributed by atoms with Crippen LogP contribution in [0.25, 0.3) is 10.8 Å². The summed E-state index contributed by atoms with van der Waals surface area (Å²) >= 11 is 1.49. The quantitative estimate of drug-likeness (QED) is 0.500. The van der Waals surface area contributed by atoms with Crippen LogP contribution in [0, 0.1) is 5.92 Å². The van der Waals surface area contributed by atoms with Crippen LogP contribution in [-0.4, -0.2) is 56.8 Å². The molecule has 170 valence electrons. The number of ether oxygens (including phenoxy) is 1. The number of pyridine rings is 1. The van der Waals surface area contributed by atoms with Gasteiger partial charge in [-0.25, -0.2) is 0 Å². The Labute approximate surface area is 190 Å². The van der Waals surface area contributed by atoms with Crippen molar-refractivity contribution >= 4 is 42.2 Å². The van der Waals surface area contributed by atoms with E-state index < -0.39 is 19.8 Å². The topological polar surface area (TPSA) is 118 Å². The molecule has 0 saturated carbocycles. The number of piperidine rings is 1. The largest absolute Gasteiger partial charge is 0.480 e. The molecule has 1 fully saturated rings. The number of fused-ring (bicyclic) bond motifs is 1. The van der Waals surface area contributed by atoms with Crippen LogP contribution in [0.3, 0.4) is 0 Å². The molecule has 0 bridgehead atoms. The zero-order valence-corrected chi connectivity index (χ0v) is 19.4. The van der Waals surface area contributed by atoms with Crippen LogP contribution < -0.4 is 15.2 Å². The van der Waals surface area contributed by atoms with E-state index in [0.29, 0.717) is 23.3 Å². The summed E-state index contributed by atoms with van der Waals surface area (Å²) in [6, 6.07) is 3.65. The van der Waals surface area contributed by atoms with E-state index in [0.717, 1.165) is 42.6 Å². The molecule has 1 aliphatic heterocycles. The second-order valence-corrected chi connectivity index (χ2v) is 9.80. The first-order valence-electron chi connectivity index (χ1n) is 10.4. The molecule has 1 aliphatic rings. The Kier molecular flexibility index (Phi) is 7.15. The first-order valence-corrected chi connectivity index (χ1v) is 12.8. The smallest absolute Gasteiger partial charge is 0.287 e. The first kappa shape index (κ1) is 22.8. The van der Waals surface area contributed by atoms with Crippen LogP contribution in [0.2, 0.25) is 0 Å². The number of thiophene rings is 1. The van der Waals surface area contributed by atoms with E-state index in [1.165, 1.54) is 24.6 Å². The number of carbonyl (C=O) groups is 1. The van der Waals surface area contributed by atoms with Gasteiger partial charge < -0.3 is 19.4 Å². The monoisotopic (exact) mass is 476 g/mol. The fourth-order valence-corrected chi connectivity index (χ4v) is 5.27. The third-order valence-corrected chi connectivity index (χ3v) is 7.15. The maximum Gasteiger partial charge on any atom is 0.287 e. The number of methoxy groups -OCH3 is 1. The Balaban J connectivity index is 1.57. The van der Waals surface area contributed by atoms with Gasteiger partial charge in [-0.05, 0) is 53.6 Å². The van der Waals surface area contributed by atoms with Crippen molar-refractivity contribution in [2.75, 3.05) is 31.3 Å². The van der Waals surface area contributed by atoms with Crippen LogP contribution in [0.1, 0.15) is 29.6 Å². The number of nitrogens with zero attached hydrogens (tertiary/aromatic N) is 4. The minimum absolute atomic E-state index is 0.0964. The van der Waals surface area contributed by atoms with Crippen molar-refractivity contribution in [1.29, 1.82) is 0 Å². The minimum atomic E-state index is -1.83. The summed E-state index contributed by atoms with van der Waals surface area (Å²) in [6.07, 6.45) is 4.73. The predicted molar refractivity (Wildman–Crippen MR) is 125 cm³/mol. The molecule has 4 heterocycles. The standard InChI is InChI=1S/C21H25N4O5PS/c1-30-20-19-16(12-22-25(21(19)27)18(26)10-15-5-9-32-13-15)11-17(23-20)24-6-2-14(3-7-24)4-8-31(28)29/h5,9,11-14,28-29H,2-4,6-8,10H2,1H3. The molecule has 11 heteroatoms. The van der Waals surface area contributed by atoms with E-state index in [1.807, 2.05) is 16.8 Å². The van der Waals surface area contributed by atoms with Crippen molar-refractivity contribution in [1.82, 2.24) is 14.8 Å². The molecular weight excluding hydrogens is 451 g/mol. The zero-order chi connectivity index (χ0) is 22.7. The molecule has 0 aromatic carbocycles. The van der Waals surface area contributed by atoms with Gasteiger partial charge in [-0.1, -0.05) is 0 Å². The highest BCUT2D eigenvalue weighted by molar-refractivity contribution is 7.45. The summed E-state index contributed by atoms with van der Waals surface area (Å²) in [7, 11) is -0.379. The normalized spacial score (nSPS) is 14.9. The summed E-state index contributed by atoms with van der Waals surface area (Å²) in [4.78, 5) is 50.6. The Hall–Kier alpha value is -2.39. The fourth-order valence-electron chi connectivity index (χ4n) is 4.00. The van der Waals surface area contributed by atoms with Crippen molar-refractivity contribution in [3.05, 3.63) is 45.0 Å². The first-order chi connectivity index (χ1) is 15.5. The maximum absolute atomic E-state index is 13.0. The lowest BCUT2D eigenvalue weighted by atomic mass is 9.94. The van der Waals surface area contributed by atoms with Crippen LogP contribution in [0.4, 0.5) is 5.82 Å². The summed E-state index contributed by atoms with van der Waals surface area (Å²) in [5.41, 5.74) is 0.300. The highest BCUT2D eigenvalue weighted by atomic mass is 32.1. The van der Waals surface area contributed by atoms with Gasteiger partial charge in [-0.15, -0.1) is 0 Å². The number of hydrogen-bond donors (Lipinski definition) is 2. The van der Waals surface area contributed by atoms with Gasteiger partial charge >= 0.3 is 0 Å². The Morgan fingerprint density at radius 1 is 1.34 bits per heavy atom. The van der Waals surface area contributed by atoms with E-state index in [9.17, 15) is 9.59 Å². The molecule has 0 radical (unpaired) electrons. The molecule has 2 N–H and O–H groups in total. The second kappa shape index (κ2) is 10.0. The highest BCUT2D eigenvalue weighted by Crippen LogP contribution is 2.32. The predicted octanol–water partition coefficient (Wildman–Crippen LogP) is 2.65. The maximum atomic E-state index is 13.0. The number of anilines is 1. The number of rotatable bonds is 7. The van der Waals surface area contributed by atoms with Crippen molar-refractivity contribution < 1.29 is 19.3 Å². The molecule has 0 unspecified atom stereocenters. The van der Waals surface area contributed by atoms with Crippen LogP contribution >= 0.6 is 19.7 Å². The molecule has 0 atom stereocenters. The summed E-state index contributed by atoms with van der Waals surface area (Å²) < 4.78 is 6.31. The van der Waals surface area contributed by atoms with Crippen molar-refractivity contribution in [3.63, 3.8) is 0 Å². The molecule has 0 amide bonds. The summed E-state index contributed by atoms with van der Waals surface area (Å²) in [5, 5.41) is 8.67. The van der Waals surface area contributed by atoms with Crippen LogP contribution in [0.15, 0.2) is 33.9 Å². The SMILES string of the molecule is COc1nc(N2CCC(CCP(O)O)CC2)cc2cnn(C(=O)Cc3ccsc3)c(=O)c12. The van der Waals surface area contributed by atoms with Crippen LogP contribution in [0.5, 0.6) is 5.88 Å². The lowest BCUT2D eigenvalue weighted by Gasteiger charge is -2.33. The summed E-state index contributed by atoms with van der Waals surface area (Å²) in [5.74, 6) is 0.928. The lowest BCUT2D eigenvalue weighted by Crippen LogP contribution is -2.35. The average Bonchev–Trinajstić information content (AvgIpc) is 3.30. The van der Waals surface area contributed by atoms with E-state index in [1.54, 1.807) is 6.07 Å². The molecule has 4 rings (SSSR count). The Morgan fingerprint density at radius 3 is 2.78 bits per heavy atom. The number of carbonyl (C=O) groups excluding carboxylic acids is 1. The van der Waals surface area contributed by atoms with Gasteiger partial charge in [0.25, 0.3) is 11.5 Å². The second-order valence-electron chi connectivity index (χ2n) is 7.83. The van der Waals surface area contributed by atoms with Crippen molar-refractivity contribution in [3.8, 4) is 5.88 Å². The molecule has 9 nitrogen and oxygen atoms in total. The number of aromatic nitrogens is 3. The van der Waals surface area contributed by atoms with E-state index >= 15 is 0 Å². The van der Waals surface area contributed by atoms with E-state index in [4.69, 9.17) is 14.5 Å². The summed E-state index contributed by atoms with van der Waals surface area (Å²) in [6.45, 7) is 1.56. The van der Waals surface area contributed by atoms with E-state index in [-0.39, 0.29) is 17.7 Å². The lowest BCUT2D eigenvalue weighted by molar-refractivity contribution is 0.0893. The van der Waals surface area contributed by atoms with Gasteiger partial charge in [-0.2, -0.15) is 26.1 Å². The Morgan fingerprint density at radius 2 is 2.12 bits per heavy atom. The zero-order valence-electron chi connectivity index (χ0n) is 17.7. The van der Waals surface area contributed by atoms with Gasteiger partial charge in [0, 0.05) is 24.6 Å². The van der Waals surface area contributed by atoms with Gasteiger partial charge in [0.2, 0.25) is 5.88 Å². The molecule has 1 saturated heterocycles. The van der Waals surface area contributed by atoms with Crippen molar-refractivity contribution in [2.45, 2.75) is 25.7 Å². The van der Waals surface area contributed by atoms with Crippen LogP contribution in [-0.2, 0) is 6.42 Å².